The number of anilines is 1. The highest BCUT2D eigenvalue weighted by Gasteiger charge is 2.63. The van der Waals surface area contributed by atoms with Gasteiger partial charge in [-0.1, -0.05) is 11.6 Å². The van der Waals surface area contributed by atoms with Crippen LogP contribution < -0.4 is 10.2 Å². The molecule has 4 heterocycles. The molecule has 3 aliphatic heterocycles. The number of piperidine rings is 1. The number of hydrogen-bond acceptors (Lipinski definition) is 6. The molecule has 1 aromatic rings. The number of aryl methyl sites for hydroxylation is 1. The Kier molecular flexibility index (Phi) is 1.93. The van der Waals surface area contributed by atoms with Crippen molar-refractivity contribution in [2.45, 2.75) is 25.4 Å². The molecule has 2 fully saturated rings. The maximum atomic E-state index is 5.87. The Hall–Kier alpha value is -1.43. The third kappa shape index (κ3) is 1.19. The highest BCUT2D eigenvalue weighted by atomic mass is 35.5. The van der Waals surface area contributed by atoms with Crippen molar-refractivity contribution >= 4 is 23.4 Å². The Bertz CT molecular complexity index is 558. The highest BCUT2D eigenvalue weighted by molar-refractivity contribution is 6.29. The Morgan fingerprint density at radius 1 is 1.39 bits per heavy atom. The Balaban J connectivity index is 1.72. The average molecular weight is 265 g/mol. The number of hydrogen-bond donors (Lipinski definition) is 1. The first-order valence-corrected chi connectivity index (χ1v) is 6.58. The summed E-state index contributed by atoms with van der Waals surface area (Å²) in [5, 5.41) is 11.8. The summed E-state index contributed by atoms with van der Waals surface area (Å²) < 4.78 is 0. The molecule has 94 valence electrons. The van der Waals surface area contributed by atoms with Gasteiger partial charge in [0.1, 0.15) is 5.84 Å². The molecule has 0 aromatic carbocycles. The SMILES string of the molecule is Cc1nc(N2CCC3CCNC4=N[C@]432)nnc1Cl. The number of amidine groups is 1. The molecule has 3 aliphatic rings. The van der Waals surface area contributed by atoms with Crippen LogP contribution in [0.1, 0.15) is 18.5 Å². The summed E-state index contributed by atoms with van der Waals surface area (Å²) in [6, 6.07) is 0. The average Bonchev–Trinajstić information content (AvgIpc) is 2.99. The van der Waals surface area contributed by atoms with E-state index < -0.39 is 0 Å². The van der Waals surface area contributed by atoms with E-state index in [4.69, 9.17) is 11.6 Å². The predicted molar refractivity (Wildman–Crippen MR) is 67.8 cm³/mol. The van der Waals surface area contributed by atoms with Gasteiger partial charge < -0.3 is 10.2 Å². The molecule has 0 amide bonds. The van der Waals surface area contributed by atoms with Crippen LogP contribution in [0.4, 0.5) is 5.95 Å². The zero-order chi connectivity index (χ0) is 12.3. The van der Waals surface area contributed by atoms with Gasteiger partial charge in [0.15, 0.2) is 10.8 Å². The number of aliphatic imine (C=N–C) groups is 1. The van der Waals surface area contributed by atoms with Gasteiger partial charge in [0, 0.05) is 19.0 Å². The minimum Gasteiger partial charge on any atom is -0.370 e. The van der Waals surface area contributed by atoms with E-state index in [1.807, 2.05) is 6.92 Å². The van der Waals surface area contributed by atoms with Crippen molar-refractivity contribution in [3.05, 3.63) is 10.8 Å². The molecule has 1 aromatic heterocycles. The van der Waals surface area contributed by atoms with Gasteiger partial charge in [0.2, 0.25) is 5.95 Å². The lowest BCUT2D eigenvalue weighted by Gasteiger charge is -2.30. The minimum absolute atomic E-state index is 0.180. The topological polar surface area (TPSA) is 66.3 Å². The predicted octanol–water partition coefficient (Wildman–Crippen LogP) is 0.761. The second-order valence-electron chi connectivity index (χ2n) is 5.03. The molecular formula is C11H13ClN6. The standard InChI is InChI=1S/C11H13ClN6/c1-6-8(12)16-17-10(14-6)18-5-3-7-2-4-13-9-11(7,18)15-9/h7H,2-5H2,1H3,(H,13,15)/t7?,11-/m1/s1. The fraction of sp³-hybridized carbons (Fsp3) is 0.636. The van der Waals surface area contributed by atoms with Gasteiger partial charge in [-0.25, -0.2) is 9.98 Å². The minimum atomic E-state index is -0.180. The highest BCUT2D eigenvalue weighted by Crippen LogP contribution is 2.49. The van der Waals surface area contributed by atoms with Crippen LogP contribution in [-0.2, 0) is 0 Å². The summed E-state index contributed by atoms with van der Waals surface area (Å²) in [7, 11) is 0. The second-order valence-corrected chi connectivity index (χ2v) is 5.39. The summed E-state index contributed by atoms with van der Waals surface area (Å²) >= 11 is 5.87. The third-order valence-electron chi connectivity index (χ3n) is 4.08. The summed E-state index contributed by atoms with van der Waals surface area (Å²) in [5.74, 6) is 2.32. The fourth-order valence-electron chi connectivity index (χ4n) is 3.12. The number of nitrogens with zero attached hydrogens (tertiary/aromatic N) is 5. The summed E-state index contributed by atoms with van der Waals surface area (Å²) in [6.07, 6.45) is 2.29. The maximum Gasteiger partial charge on any atom is 0.247 e. The van der Waals surface area contributed by atoms with Gasteiger partial charge in [-0.15, -0.1) is 10.2 Å². The van der Waals surface area contributed by atoms with Crippen molar-refractivity contribution in [1.29, 1.82) is 0 Å². The van der Waals surface area contributed by atoms with Crippen LogP contribution in [0, 0.1) is 12.8 Å². The monoisotopic (exact) mass is 264 g/mol. The van der Waals surface area contributed by atoms with Crippen molar-refractivity contribution in [3.63, 3.8) is 0 Å². The molecule has 1 unspecified atom stereocenters. The first-order valence-electron chi connectivity index (χ1n) is 6.20. The maximum absolute atomic E-state index is 5.87. The molecule has 6 nitrogen and oxygen atoms in total. The molecule has 0 bridgehead atoms. The van der Waals surface area contributed by atoms with E-state index in [0.29, 0.717) is 22.7 Å². The van der Waals surface area contributed by atoms with E-state index in [9.17, 15) is 0 Å². The molecule has 7 heteroatoms. The van der Waals surface area contributed by atoms with Gasteiger partial charge in [-0.3, -0.25) is 0 Å². The second kappa shape index (κ2) is 3.32. The van der Waals surface area contributed by atoms with Crippen molar-refractivity contribution < 1.29 is 0 Å². The molecule has 1 spiro atoms. The Morgan fingerprint density at radius 2 is 2.28 bits per heavy atom. The lowest BCUT2D eigenvalue weighted by atomic mass is 9.92. The van der Waals surface area contributed by atoms with Crippen LogP contribution in [-0.4, -0.2) is 39.8 Å². The number of halogens is 1. The third-order valence-corrected chi connectivity index (χ3v) is 4.43. The van der Waals surface area contributed by atoms with E-state index in [1.54, 1.807) is 0 Å². The number of rotatable bonds is 1. The molecule has 0 aliphatic carbocycles. The van der Waals surface area contributed by atoms with E-state index in [0.717, 1.165) is 31.8 Å². The lowest BCUT2D eigenvalue weighted by molar-refractivity contribution is 0.408. The molecule has 2 atom stereocenters. The van der Waals surface area contributed by atoms with Gasteiger partial charge in [-0.05, 0) is 19.8 Å². The van der Waals surface area contributed by atoms with Crippen molar-refractivity contribution in [2.24, 2.45) is 10.9 Å². The molecule has 4 rings (SSSR count). The molecule has 2 saturated heterocycles. The van der Waals surface area contributed by atoms with E-state index >= 15 is 0 Å². The van der Waals surface area contributed by atoms with Crippen molar-refractivity contribution in [1.82, 2.24) is 20.5 Å². The van der Waals surface area contributed by atoms with Crippen LogP contribution in [0.5, 0.6) is 0 Å². The van der Waals surface area contributed by atoms with Gasteiger partial charge >= 0.3 is 0 Å². The normalized spacial score (nSPS) is 32.4. The number of aromatic nitrogens is 3. The zero-order valence-electron chi connectivity index (χ0n) is 10.0. The zero-order valence-corrected chi connectivity index (χ0v) is 10.8. The molecule has 0 radical (unpaired) electrons. The fourth-order valence-corrected chi connectivity index (χ4v) is 3.20. The number of nitrogens with one attached hydrogen (secondary N) is 1. The largest absolute Gasteiger partial charge is 0.370 e. The van der Waals surface area contributed by atoms with Crippen LogP contribution >= 0.6 is 11.6 Å². The summed E-state index contributed by atoms with van der Waals surface area (Å²) in [4.78, 5) is 11.2. The van der Waals surface area contributed by atoms with Crippen LogP contribution in [0.3, 0.4) is 0 Å². The van der Waals surface area contributed by atoms with E-state index in [2.05, 4.69) is 30.4 Å². The van der Waals surface area contributed by atoms with E-state index in [1.165, 1.54) is 0 Å². The Morgan fingerprint density at radius 3 is 3.11 bits per heavy atom. The molecular weight excluding hydrogens is 252 g/mol. The molecule has 1 N–H and O–H groups in total. The van der Waals surface area contributed by atoms with Crippen molar-refractivity contribution in [3.8, 4) is 0 Å². The quantitative estimate of drug-likeness (QED) is 0.811. The molecule has 18 heavy (non-hydrogen) atoms. The first-order chi connectivity index (χ1) is 8.72. The van der Waals surface area contributed by atoms with Gasteiger partial charge in [0.05, 0.1) is 5.69 Å². The molecule has 0 saturated carbocycles. The van der Waals surface area contributed by atoms with Crippen LogP contribution in [0.15, 0.2) is 4.99 Å². The van der Waals surface area contributed by atoms with Gasteiger partial charge in [0.25, 0.3) is 0 Å². The Labute approximate surface area is 109 Å². The van der Waals surface area contributed by atoms with Crippen LogP contribution in [0.2, 0.25) is 5.15 Å². The van der Waals surface area contributed by atoms with Gasteiger partial charge in [-0.2, -0.15) is 0 Å². The van der Waals surface area contributed by atoms with Crippen LogP contribution in [0.25, 0.3) is 0 Å². The summed E-state index contributed by atoms with van der Waals surface area (Å²) in [6.45, 7) is 3.81. The van der Waals surface area contributed by atoms with Crippen molar-refractivity contribution in [2.75, 3.05) is 18.0 Å². The smallest absolute Gasteiger partial charge is 0.247 e. The summed E-state index contributed by atoms with van der Waals surface area (Å²) in [5.41, 5.74) is 0.535. The first kappa shape index (κ1) is 10.5. The van der Waals surface area contributed by atoms with E-state index in [-0.39, 0.29) is 5.66 Å². The lowest BCUT2D eigenvalue weighted by Crippen LogP contribution is -2.49.